The van der Waals surface area contributed by atoms with Crippen LogP contribution in [0.15, 0.2) is 41.1 Å². The number of aromatic nitrogens is 1. The first-order valence-corrected chi connectivity index (χ1v) is 10.5. The number of hydrogen-bond donors (Lipinski definition) is 2. The van der Waals surface area contributed by atoms with E-state index in [2.05, 4.69) is 20.5 Å². The van der Waals surface area contributed by atoms with Crippen molar-refractivity contribution >= 4 is 35.1 Å². The van der Waals surface area contributed by atoms with E-state index in [0.717, 1.165) is 24.7 Å². The van der Waals surface area contributed by atoms with Crippen LogP contribution in [0.3, 0.4) is 0 Å². The Morgan fingerprint density at radius 3 is 2.75 bits per heavy atom. The van der Waals surface area contributed by atoms with Gasteiger partial charge in [0.2, 0.25) is 5.91 Å². The highest BCUT2D eigenvalue weighted by Crippen LogP contribution is 2.16. The summed E-state index contributed by atoms with van der Waals surface area (Å²) in [5.74, 6) is 1.08. The van der Waals surface area contributed by atoms with Crippen molar-refractivity contribution in [3.8, 4) is 0 Å². The summed E-state index contributed by atoms with van der Waals surface area (Å²) in [7, 11) is 0. The smallest absolute Gasteiger partial charge is 0.287 e. The van der Waals surface area contributed by atoms with Crippen LogP contribution in [0.25, 0.3) is 0 Å². The van der Waals surface area contributed by atoms with Crippen molar-refractivity contribution < 1.29 is 18.7 Å². The van der Waals surface area contributed by atoms with E-state index in [1.165, 1.54) is 6.26 Å². The van der Waals surface area contributed by atoms with Crippen molar-refractivity contribution in [3.05, 3.63) is 42.5 Å². The lowest BCUT2D eigenvalue weighted by Gasteiger charge is -2.27. The molecule has 0 spiro atoms. The minimum absolute atomic E-state index is 0.179. The van der Waals surface area contributed by atoms with Crippen molar-refractivity contribution in [2.45, 2.75) is 12.5 Å². The van der Waals surface area contributed by atoms with E-state index in [9.17, 15) is 9.59 Å². The van der Waals surface area contributed by atoms with Crippen LogP contribution in [-0.4, -0.2) is 61.2 Å². The molecule has 1 saturated heterocycles. The fourth-order valence-electron chi connectivity index (χ4n) is 2.81. The molecule has 3 rings (SSSR count). The van der Waals surface area contributed by atoms with E-state index in [0.29, 0.717) is 25.3 Å². The van der Waals surface area contributed by atoms with Crippen LogP contribution < -0.4 is 15.5 Å². The maximum Gasteiger partial charge on any atom is 0.287 e. The van der Waals surface area contributed by atoms with Crippen LogP contribution >= 0.6 is 11.8 Å². The van der Waals surface area contributed by atoms with Crippen LogP contribution in [0.2, 0.25) is 0 Å². The number of carbonyl (C=O) groups is 2. The molecule has 28 heavy (non-hydrogen) atoms. The topological polar surface area (TPSA) is 96.7 Å². The summed E-state index contributed by atoms with van der Waals surface area (Å²) in [5.41, 5.74) is 0.586. The molecule has 8 nitrogen and oxygen atoms in total. The van der Waals surface area contributed by atoms with Crippen LogP contribution in [-0.2, 0) is 9.53 Å². The fraction of sp³-hybridized carbons (Fsp3) is 0.421. The van der Waals surface area contributed by atoms with Gasteiger partial charge in [-0.05, 0) is 42.7 Å². The molecule has 2 amide bonds. The number of hydrogen-bond acceptors (Lipinski definition) is 7. The Labute approximate surface area is 168 Å². The second-order valence-electron chi connectivity index (χ2n) is 6.28. The van der Waals surface area contributed by atoms with Gasteiger partial charge in [0.25, 0.3) is 5.91 Å². The molecule has 2 N–H and O–H groups in total. The van der Waals surface area contributed by atoms with Gasteiger partial charge in [-0.1, -0.05) is 0 Å². The first kappa shape index (κ1) is 20.2. The monoisotopic (exact) mass is 404 g/mol. The summed E-state index contributed by atoms with van der Waals surface area (Å²) in [4.78, 5) is 31.5. The minimum atomic E-state index is -0.663. The first-order chi connectivity index (χ1) is 13.7. The Morgan fingerprint density at radius 1 is 1.29 bits per heavy atom. The first-order valence-electron chi connectivity index (χ1n) is 9.10. The van der Waals surface area contributed by atoms with Gasteiger partial charge in [-0.3, -0.25) is 9.59 Å². The van der Waals surface area contributed by atoms with Crippen LogP contribution in [0.4, 0.5) is 11.5 Å². The molecule has 9 heteroatoms. The summed E-state index contributed by atoms with van der Waals surface area (Å²) < 4.78 is 10.4. The Bertz CT molecular complexity index is 761. The molecule has 2 aromatic heterocycles. The second-order valence-corrected chi connectivity index (χ2v) is 7.26. The summed E-state index contributed by atoms with van der Waals surface area (Å²) in [6.45, 7) is 2.97. The van der Waals surface area contributed by atoms with Crippen molar-refractivity contribution in [2.24, 2.45) is 0 Å². The normalized spacial score (nSPS) is 15.1. The molecule has 1 atom stereocenters. The largest absolute Gasteiger partial charge is 0.459 e. The summed E-state index contributed by atoms with van der Waals surface area (Å²) in [6, 6.07) is 6.22. The maximum absolute atomic E-state index is 12.7. The minimum Gasteiger partial charge on any atom is -0.459 e. The van der Waals surface area contributed by atoms with E-state index in [4.69, 9.17) is 9.15 Å². The average molecular weight is 404 g/mol. The molecule has 3 heterocycles. The summed E-state index contributed by atoms with van der Waals surface area (Å²) in [5, 5.41) is 5.57. The van der Waals surface area contributed by atoms with E-state index in [-0.39, 0.29) is 11.7 Å². The second kappa shape index (κ2) is 10.1. The van der Waals surface area contributed by atoms with Crippen molar-refractivity contribution in [2.75, 3.05) is 48.5 Å². The van der Waals surface area contributed by atoms with E-state index >= 15 is 0 Å². The highest BCUT2D eigenvalue weighted by atomic mass is 32.2. The zero-order valence-electron chi connectivity index (χ0n) is 15.7. The third kappa shape index (κ3) is 5.49. The molecule has 1 aliphatic rings. The lowest BCUT2D eigenvalue weighted by Crippen LogP contribution is -2.44. The third-order valence-corrected chi connectivity index (χ3v) is 4.97. The maximum atomic E-state index is 12.7. The Kier molecular flexibility index (Phi) is 7.32. The number of ether oxygens (including phenoxy) is 1. The molecule has 1 aliphatic heterocycles. The van der Waals surface area contributed by atoms with E-state index < -0.39 is 11.9 Å². The number of rotatable bonds is 8. The van der Waals surface area contributed by atoms with Crippen molar-refractivity contribution in [3.63, 3.8) is 0 Å². The number of morpholine rings is 1. The molecule has 150 valence electrons. The summed E-state index contributed by atoms with van der Waals surface area (Å²) in [6.07, 6.45) is 5.52. The van der Waals surface area contributed by atoms with Gasteiger partial charge in [0.1, 0.15) is 11.9 Å². The number of furan rings is 1. The predicted octanol–water partition coefficient (Wildman–Crippen LogP) is 2.00. The quantitative estimate of drug-likeness (QED) is 0.695. The average Bonchev–Trinajstić information content (AvgIpc) is 3.27. The molecular weight excluding hydrogens is 380 g/mol. The van der Waals surface area contributed by atoms with Gasteiger partial charge in [0.05, 0.1) is 31.4 Å². The van der Waals surface area contributed by atoms with Gasteiger partial charge < -0.3 is 24.7 Å². The number of pyridine rings is 1. The molecule has 2 aromatic rings. The van der Waals surface area contributed by atoms with Gasteiger partial charge in [-0.15, -0.1) is 0 Å². The highest BCUT2D eigenvalue weighted by molar-refractivity contribution is 7.98. The highest BCUT2D eigenvalue weighted by Gasteiger charge is 2.22. The standard InChI is InChI=1S/C19H24N4O4S/c1-28-12-6-15(22-19(25)16-3-2-9-27-16)18(24)21-14-4-5-17(20-13-14)23-7-10-26-11-8-23/h2-5,9,13,15H,6-8,10-12H2,1H3,(H,21,24)(H,22,25). The number of nitrogens with one attached hydrogen (secondary N) is 2. The van der Waals surface area contributed by atoms with Gasteiger partial charge >= 0.3 is 0 Å². The van der Waals surface area contributed by atoms with Crippen LogP contribution in [0.5, 0.6) is 0 Å². The third-order valence-electron chi connectivity index (χ3n) is 4.33. The Hall–Kier alpha value is -2.52. The number of anilines is 2. The Balaban J connectivity index is 1.61. The number of carbonyl (C=O) groups excluding carboxylic acids is 2. The van der Waals surface area contributed by atoms with E-state index in [1.807, 2.05) is 18.4 Å². The van der Waals surface area contributed by atoms with Crippen LogP contribution in [0.1, 0.15) is 17.0 Å². The zero-order valence-corrected chi connectivity index (χ0v) is 16.5. The van der Waals surface area contributed by atoms with Gasteiger partial charge in [0.15, 0.2) is 5.76 Å². The van der Waals surface area contributed by atoms with Gasteiger partial charge in [-0.2, -0.15) is 11.8 Å². The van der Waals surface area contributed by atoms with E-state index in [1.54, 1.807) is 30.1 Å². The van der Waals surface area contributed by atoms with Crippen LogP contribution in [0, 0.1) is 0 Å². The zero-order chi connectivity index (χ0) is 19.8. The lowest BCUT2D eigenvalue weighted by molar-refractivity contribution is -0.118. The van der Waals surface area contributed by atoms with Gasteiger partial charge in [-0.25, -0.2) is 4.98 Å². The number of thioether (sulfide) groups is 1. The van der Waals surface area contributed by atoms with Crippen molar-refractivity contribution in [1.82, 2.24) is 10.3 Å². The SMILES string of the molecule is CSCCC(NC(=O)c1ccco1)C(=O)Nc1ccc(N2CCOCC2)nc1. The molecule has 0 aromatic carbocycles. The predicted molar refractivity (Wildman–Crippen MR) is 109 cm³/mol. The fourth-order valence-corrected chi connectivity index (χ4v) is 3.28. The molecule has 1 fully saturated rings. The molecule has 1 unspecified atom stereocenters. The van der Waals surface area contributed by atoms with Gasteiger partial charge in [0, 0.05) is 13.1 Å². The summed E-state index contributed by atoms with van der Waals surface area (Å²) >= 11 is 1.61. The molecular formula is C19H24N4O4S. The Morgan fingerprint density at radius 2 is 2.11 bits per heavy atom. The van der Waals surface area contributed by atoms with Crippen molar-refractivity contribution in [1.29, 1.82) is 0 Å². The number of nitrogens with zero attached hydrogens (tertiary/aromatic N) is 2. The number of amides is 2. The molecule has 0 bridgehead atoms. The molecule has 0 saturated carbocycles. The molecule has 0 radical (unpaired) electrons. The lowest BCUT2D eigenvalue weighted by atomic mass is 10.2. The molecule has 0 aliphatic carbocycles.